The van der Waals surface area contributed by atoms with Gasteiger partial charge < -0.3 is 9.67 Å². The van der Waals surface area contributed by atoms with Crippen LogP contribution in [-0.2, 0) is 13.5 Å². The van der Waals surface area contributed by atoms with Crippen molar-refractivity contribution in [1.82, 2.24) is 4.57 Å². The van der Waals surface area contributed by atoms with E-state index in [1.165, 1.54) is 81.8 Å². The highest BCUT2D eigenvalue weighted by Gasteiger charge is 2.10. The van der Waals surface area contributed by atoms with Gasteiger partial charge in [-0.2, -0.15) is 0 Å². The second-order valence-electron chi connectivity index (χ2n) is 8.43. The molecule has 3 aromatic rings. The summed E-state index contributed by atoms with van der Waals surface area (Å²) in [5.74, 6) is 0.349. The summed E-state index contributed by atoms with van der Waals surface area (Å²) in [5.41, 5.74) is 4.84. The van der Waals surface area contributed by atoms with Crippen LogP contribution in [0, 0.1) is 0 Å². The average molecular weight is 392 g/mol. The molecule has 2 heteroatoms. The second-order valence-corrected chi connectivity index (χ2v) is 8.43. The van der Waals surface area contributed by atoms with Crippen molar-refractivity contribution in [1.29, 1.82) is 0 Å². The first kappa shape index (κ1) is 21.5. The smallest absolute Gasteiger partial charge is 0.124 e. The van der Waals surface area contributed by atoms with Gasteiger partial charge in [0.25, 0.3) is 0 Å². The number of phenolic OH excluding ortho intramolecular Hbond substituents is 1. The zero-order valence-corrected chi connectivity index (χ0v) is 18.3. The van der Waals surface area contributed by atoms with Crippen LogP contribution < -0.4 is 0 Å². The Morgan fingerprint density at radius 1 is 0.759 bits per heavy atom. The lowest BCUT2D eigenvalue weighted by Crippen LogP contribution is -1.92. The van der Waals surface area contributed by atoms with Crippen molar-refractivity contribution >= 4 is 10.9 Å². The molecular weight excluding hydrogens is 354 g/mol. The lowest BCUT2D eigenvalue weighted by Gasteiger charge is -2.07. The third-order valence-corrected chi connectivity index (χ3v) is 6.13. The van der Waals surface area contributed by atoms with Gasteiger partial charge in [-0.1, -0.05) is 95.0 Å². The van der Waals surface area contributed by atoms with Crippen LogP contribution in [0.5, 0.6) is 5.75 Å². The maximum Gasteiger partial charge on any atom is 0.124 e. The molecule has 156 valence electrons. The van der Waals surface area contributed by atoms with Crippen LogP contribution in [0.2, 0.25) is 0 Å². The van der Waals surface area contributed by atoms with Gasteiger partial charge in [0, 0.05) is 18.1 Å². The largest absolute Gasteiger partial charge is 0.507 e. The SMILES string of the molecule is CCCCCCCCCCCCc1ccc(-c2cc3c(O)cccc3n2C)cc1. The highest BCUT2D eigenvalue weighted by atomic mass is 16.3. The molecule has 0 bridgehead atoms. The van der Waals surface area contributed by atoms with E-state index in [1.807, 2.05) is 6.07 Å². The summed E-state index contributed by atoms with van der Waals surface area (Å²) in [6, 6.07) is 16.8. The fourth-order valence-electron chi connectivity index (χ4n) is 4.28. The molecule has 3 rings (SSSR count). The van der Waals surface area contributed by atoms with Gasteiger partial charge in [0.2, 0.25) is 0 Å². The molecule has 0 saturated heterocycles. The molecule has 1 aromatic heterocycles. The van der Waals surface area contributed by atoms with E-state index < -0.39 is 0 Å². The molecule has 0 aliphatic carbocycles. The number of fused-ring (bicyclic) bond motifs is 1. The highest BCUT2D eigenvalue weighted by Crippen LogP contribution is 2.32. The number of aromatic nitrogens is 1. The van der Waals surface area contributed by atoms with Crippen molar-refractivity contribution in [2.75, 3.05) is 0 Å². The minimum atomic E-state index is 0.349. The third-order valence-electron chi connectivity index (χ3n) is 6.13. The fourth-order valence-corrected chi connectivity index (χ4v) is 4.28. The molecular formula is C27H37NO. The molecule has 29 heavy (non-hydrogen) atoms. The van der Waals surface area contributed by atoms with E-state index in [1.54, 1.807) is 6.07 Å². The van der Waals surface area contributed by atoms with Gasteiger partial charge in [0.1, 0.15) is 5.75 Å². The predicted octanol–water partition coefficient (Wildman–Crippen LogP) is 8.01. The van der Waals surface area contributed by atoms with Gasteiger partial charge >= 0.3 is 0 Å². The maximum absolute atomic E-state index is 10.1. The van der Waals surface area contributed by atoms with Gasteiger partial charge in [-0.25, -0.2) is 0 Å². The number of nitrogens with zero attached hydrogens (tertiary/aromatic N) is 1. The quantitative estimate of drug-likeness (QED) is 0.311. The molecule has 0 radical (unpaired) electrons. The van der Waals surface area contributed by atoms with Crippen LogP contribution in [0.4, 0.5) is 0 Å². The minimum absolute atomic E-state index is 0.349. The van der Waals surface area contributed by atoms with Crippen LogP contribution >= 0.6 is 0 Å². The molecule has 0 aliphatic heterocycles. The number of aromatic hydroxyl groups is 1. The predicted molar refractivity (Wildman–Crippen MR) is 126 cm³/mol. The normalized spacial score (nSPS) is 11.4. The lowest BCUT2D eigenvalue weighted by atomic mass is 10.0. The molecule has 0 spiro atoms. The molecule has 0 amide bonds. The van der Waals surface area contributed by atoms with E-state index in [0.29, 0.717) is 5.75 Å². The van der Waals surface area contributed by atoms with Crippen LogP contribution in [0.25, 0.3) is 22.2 Å². The van der Waals surface area contributed by atoms with Crippen molar-refractivity contribution in [3.63, 3.8) is 0 Å². The first-order valence-corrected chi connectivity index (χ1v) is 11.6. The van der Waals surface area contributed by atoms with E-state index in [-0.39, 0.29) is 0 Å². The topological polar surface area (TPSA) is 25.2 Å². The number of benzene rings is 2. The molecule has 1 N–H and O–H groups in total. The number of phenols is 1. The van der Waals surface area contributed by atoms with Crippen LogP contribution in [-0.4, -0.2) is 9.67 Å². The molecule has 0 aliphatic rings. The molecule has 1 heterocycles. The van der Waals surface area contributed by atoms with Gasteiger partial charge in [-0.15, -0.1) is 0 Å². The van der Waals surface area contributed by atoms with Crippen LogP contribution in [0.1, 0.15) is 76.7 Å². The summed E-state index contributed by atoms with van der Waals surface area (Å²) < 4.78 is 2.16. The highest BCUT2D eigenvalue weighted by molar-refractivity contribution is 5.91. The number of aryl methyl sites for hydroxylation is 2. The summed E-state index contributed by atoms with van der Waals surface area (Å²) in [6.45, 7) is 2.28. The van der Waals surface area contributed by atoms with Crippen molar-refractivity contribution in [2.45, 2.75) is 77.6 Å². The Labute approximate surface area is 176 Å². The Bertz CT molecular complexity index is 875. The number of hydrogen-bond donors (Lipinski definition) is 1. The minimum Gasteiger partial charge on any atom is -0.507 e. The molecule has 0 atom stereocenters. The Morgan fingerprint density at radius 3 is 2.00 bits per heavy atom. The monoisotopic (exact) mass is 391 g/mol. The first-order chi connectivity index (χ1) is 14.2. The van der Waals surface area contributed by atoms with Gasteiger partial charge in [-0.3, -0.25) is 0 Å². The summed E-state index contributed by atoms with van der Waals surface area (Å²) >= 11 is 0. The number of hydrogen-bond acceptors (Lipinski definition) is 1. The zero-order chi connectivity index (χ0) is 20.5. The lowest BCUT2D eigenvalue weighted by molar-refractivity contribution is 0.481. The van der Waals surface area contributed by atoms with E-state index in [4.69, 9.17) is 0 Å². The van der Waals surface area contributed by atoms with E-state index in [0.717, 1.165) is 16.6 Å². The van der Waals surface area contributed by atoms with Crippen molar-refractivity contribution < 1.29 is 5.11 Å². The average Bonchev–Trinajstić information content (AvgIpc) is 3.08. The summed E-state index contributed by atoms with van der Waals surface area (Å²) in [4.78, 5) is 0. The fraction of sp³-hybridized carbons (Fsp3) is 0.481. The van der Waals surface area contributed by atoms with Crippen molar-refractivity contribution in [2.24, 2.45) is 7.05 Å². The van der Waals surface area contributed by atoms with E-state index >= 15 is 0 Å². The first-order valence-electron chi connectivity index (χ1n) is 11.6. The maximum atomic E-state index is 10.1. The zero-order valence-electron chi connectivity index (χ0n) is 18.3. The molecule has 0 fully saturated rings. The Morgan fingerprint density at radius 2 is 1.38 bits per heavy atom. The van der Waals surface area contributed by atoms with Gasteiger partial charge in [0.05, 0.1) is 5.52 Å². The Hall–Kier alpha value is -2.22. The summed E-state index contributed by atoms with van der Waals surface area (Å²) in [6.07, 6.45) is 15.0. The second kappa shape index (κ2) is 11.1. The number of unbranched alkanes of at least 4 members (excludes halogenated alkanes) is 9. The van der Waals surface area contributed by atoms with E-state index in [2.05, 4.69) is 54.9 Å². The standard InChI is InChI=1S/C27H37NO/c1-3-4-5-6-7-8-9-10-11-12-14-22-17-19-23(20-18-22)26-21-24-25(28(26)2)15-13-16-27(24)29/h13,15-21,29H,3-12,14H2,1-2H3. The van der Waals surface area contributed by atoms with E-state index in [9.17, 15) is 5.11 Å². The van der Waals surface area contributed by atoms with Crippen molar-refractivity contribution in [3.05, 3.63) is 54.1 Å². The molecule has 2 aromatic carbocycles. The third kappa shape index (κ3) is 5.88. The Kier molecular flexibility index (Phi) is 8.22. The Balaban J connectivity index is 1.43. The molecule has 0 saturated carbocycles. The summed E-state index contributed by atoms with van der Waals surface area (Å²) in [5, 5.41) is 11.0. The van der Waals surface area contributed by atoms with Crippen LogP contribution in [0.3, 0.4) is 0 Å². The molecule has 2 nitrogen and oxygen atoms in total. The summed E-state index contributed by atoms with van der Waals surface area (Å²) in [7, 11) is 2.06. The number of rotatable bonds is 12. The van der Waals surface area contributed by atoms with Crippen LogP contribution in [0.15, 0.2) is 48.5 Å². The van der Waals surface area contributed by atoms with Gasteiger partial charge in [-0.05, 0) is 42.2 Å². The van der Waals surface area contributed by atoms with Gasteiger partial charge in [0.15, 0.2) is 0 Å². The molecule has 0 unspecified atom stereocenters. The van der Waals surface area contributed by atoms with Crippen molar-refractivity contribution in [3.8, 4) is 17.0 Å².